The Balaban J connectivity index is 1.49. The zero-order chi connectivity index (χ0) is 22.4. The third-order valence-electron chi connectivity index (χ3n) is 4.83. The number of benzene rings is 2. The zero-order valence-electron chi connectivity index (χ0n) is 17.7. The van der Waals surface area contributed by atoms with Crippen LogP contribution in [0.2, 0.25) is 0 Å². The Morgan fingerprint density at radius 2 is 1.55 bits per heavy atom. The molecule has 0 radical (unpaired) electrons. The molecule has 0 bridgehead atoms. The Morgan fingerprint density at radius 3 is 2.16 bits per heavy atom. The average molecular weight is 419 g/mol. The third-order valence-corrected chi connectivity index (χ3v) is 4.83. The largest absolute Gasteiger partial charge is 0.449 e. The number of hydrogen-bond acceptors (Lipinski definition) is 4. The fraction of sp³-hybridized carbons (Fsp3) is 0.208. The van der Waals surface area contributed by atoms with Crippen molar-refractivity contribution in [3.63, 3.8) is 0 Å². The van der Waals surface area contributed by atoms with Crippen molar-refractivity contribution in [1.29, 1.82) is 0 Å². The maximum Gasteiger partial charge on any atom is 0.338 e. The maximum absolute atomic E-state index is 12.3. The van der Waals surface area contributed by atoms with Crippen LogP contribution in [0.15, 0.2) is 67.0 Å². The summed E-state index contributed by atoms with van der Waals surface area (Å²) in [6.45, 7) is 5.03. The SMILES string of the molecule is Cc1cccc(C)c1NC(=O)CNC(=O)C(C)OC(=O)c1ccc(-n2cccc2)cc1. The van der Waals surface area contributed by atoms with E-state index in [0.29, 0.717) is 5.56 Å². The molecule has 1 atom stereocenters. The van der Waals surface area contributed by atoms with Gasteiger partial charge in [-0.25, -0.2) is 4.79 Å². The van der Waals surface area contributed by atoms with Crippen LogP contribution in [-0.4, -0.2) is 35.0 Å². The number of aromatic nitrogens is 1. The minimum atomic E-state index is -1.04. The van der Waals surface area contributed by atoms with Crippen molar-refractivity contribution in [1.82, 2.24) is 9.88 Å². The van der Waals surface area contributed by atoms with Gasteiger partial charge in [0, 0.05) is 23.8 Å². The highest BCUT2D eigenvalue weighted by atomic mass is 16.5. The summed E-state index contributed by atoms with van der Waals surface area (Å²) in [6.07, 6.45) is 2.76. The topological polar surface area (TPSA) is 89.4 Å². The molecule has 1 heterocycles. The molecule has 3 aromatic rings. The molecule has 2 N–H and O–H groups in total. The molecule has 2 aromatic carbocycles. The van der Waals surface area contributed by atoms with Gasteiger partial charge < -0.3 is 19.9 Å². The first-order valence-electron chi connectivity index (χ1n) is 9.93. The highest BCUT2D eigenvalue weighted by Gasteiger charge is 2.19. The van der Waals surface area contributed by atoms with Gasteiger partial charge in [0.1, 0.15) is 0 Å². The van der Waals surface area contributed by atoms with Gasteiger partial charge in [-0.2, -0.15) is 0 Å². The van der Waals surface area contributed by atoms with Crippen molar-refractivity contribution >= 4 is 23.5 Å². The summed E-state index contributed by atoms with van der Waals surface area (Å²) in [4.78, 5) is 36.7. The normalized spacial score (nSPS) is 11.5. The van der Waals surface area contributed by atoms with Gasteiger partial charge in [-0.05, 0) is 68.3 Å². The Kier molecular flexibility index (Phi) is 6.87. The maximum atomic E-state index is 12.3. The van der Waals surface area contributed by atoms with Crippen molar-refractivity contribution in [3.05, 3.63) is 83.7 Å². The van der Waals surface area contributed by atoms with Gasteiger partial charge in [0.2, 0.25) is 5.91 Å². The Hall–Kier alpha value is -3.87. The number of nitrogens with one attached hydrogen (secondary N) is 2. The molecule has 0 spiro atoms. The fourth-order valence-electron chi connectivity index (χ4n) is 3.06. The van der Waals surface area contributed by atoms with Crippen molar-refractivity contribution in [2.45, 2.75) is 26.9 Å². The molecule has 0 aliphatic carbocycles. The number of rotatable bonds is 7. The standard InChI is InChI=1S/C24H25N3O4/c1-16-7-6-8-17(2)22(16)26-21(28)15-25-23(29)18(3)31-24(30)19-9-11-20(12-10-19)27-13-4-5-14-27/h4-14,18H,15H2,1-3H3,(H,25,29)(H,26,28). The van der Waals surface area contributed by atoms with Crippen molar-refractivity contribution in [3.8, 4) is 5.69 Å². The number of carbonyl (C=O) groups is 3. The predicted molar refractivity (Wildman–Crippen MR) is 118 cm³/mol. The molecule has 0 aliphatic rings. The zero-order valence-corrected chi connectivity index (χ0v) is 17.7. The van der Waals surface area contributed by atoms with Gasteiger partial charge >= 0.3 is 5.97 Å². The van der Waals surface area contributed by atoms with E-state index in [-0.39, 0.29) is 12.5 Å². The van der Waals surface area contributed by atoms with Crippen LogP contribution in [-0.2, 0) is 14.3 Å². The molecular weight excluding hydrogens is 394 g/mol. The third kappa shape index (κ3) is 5.60. The summed E-state index contributed by atoms with van der Waals surface area (Å²) in [5.74, 6) is -1.51. The van der Waals surface area contributed by atoms with Gasteiger partial charge in [0.05, 0.1) is 12.1 Å². The first kappa shape index (κ1) is 21.8. The lowest BCUT2D eigenvalue weighted by atomic mass is 10.1. The van der Waals surface area contributed by atoms with E-state index in [0.717, 1.165) is 22.5 Å². The number of ether oxygens (including phenoxy) is 1. The molecule has 7 nitrogen and oxygen atoms in total. The summed E-state index contributed by atoms with van der Waals surface area (Å²) in [5.41, 5.74) is 3.84. The highest BCUT2D eigenvalue weighted by Crippen LogP contribution is 2.19. The minimum Gasteiger partial charge on any atom is -0.449 e. The number of anilines is 1. The first-order valence-corrected chi connectivity index (χ1v) is 9.93. The molecule has 0 aliphatic heterocycles. The van der Waals surface area contributed by atoms with Crippen LogP contribution in [0, 0.1) is 13.8 Å². The fourth-order valence-corrected chi connectivity index (χ4v) is 3.06. The van der Waals surface area contributed by atoms with E-state index in [1.54, 1.807) is 24.3 Å². The molecule has 31 heavy (non-hydrogen) atoms. The minimum absolute atomic E-state index is 0.222. The number of amides is 2. The lowest BCUT2D eigenvalue weighted by molar-refractivity contribution is -0.130. The summed E-state index contributed by atoms with van der Waals surface area (Å²) < 4.78 is 7.14. The summed E-state index contributed by atoms with van der Waals surface area (Å²) >= 11 is 0. The summed E-state index contributed by atoms with van der Waals surface area (Å²) in [6, 6.07) is 16.4. The molecule has 7 heteroatoms. The number of carbonyl (C=O) groups excluding carboxylic acids is 3. The Labute approximate surface area is 181 Å². The van der Waals surface area contributed by atoms with Gasteiger partial charge in [-0.1, -0.05) is 18.2 Å². The van der Waals surface area contributed by atoms with Crippen LogP contribution in [0.1, 0.15) is 28.4 Å². The van der Waals surface area contributed by atoms with Crippen LogP contribution in [0.5, 0.6) is 0 Å². The van der Waals surface area contributed by atoms with Gasteiger partial charge in [0.25, 0.3) is 5.91 Å². The molecule has 0 saturated carbocycles. The number of hydrogen-bond donors (Lipinski definition) is 2. The second kappa shape index (κ2) is 9.75. The van der Waals surface area contributed by atoms with E-state index in [2.05, 4.69) is 10.6 Å². The van der Waals surface area contributed by atoms with Gasteiger partial charge in [0.15, 0.2) is 6.10 Å². The first-order chi connectivity index (χ1) is 14.8. The average Bonchev–Trinajstić information content (AvgIpc) is 3.29. The highest BCUT2D eigenvalue weighted by molar-refractivity contribution is 5.97. The molecule has 3 rings (SSSR count). The molecule has 1 aromatic heterocycles. The van der Waals surface area contributed by atoms with Crippen LogP contribution in [0.25, 0.3) is 5.69 Å². The van der Waals surface area contributed by atoms with E-state index in [1.807, 2.05) is 61.1 Å². The number of esters is 1. The van der Waals surface area contributed by atoms with Crippen LogP contribution in [0.3, 0.4) is 0 Å². The van der Waals surface area contributed by atoms with Gasteiger partial charge in [-0.3, -0.25) is 9.59 Å². The predicted octanol–water partition coefficient (Wildman–Crippen LogP) is 3.39. The monoisotopic (exact) mass is 419 g/mol. The van der Waals surface area contributed by atoms with Crippen LogP contribution < -0.4 is 10.6 Å². The summed E-state index contributed by atoms with van der Waals surface area (Å²) in [7, 11) is 0. The number of nitrogens with zero attached hydrogens (tertiary/aromatic N) is 1. The Bertz CT molecular complexity index is 1050. The quantitative estimate of drug-likeness (QED) is 0.575. The van der Waals surface area contributed by atoms with Gasteiger partial charge in [-0.15, -0.1) is 0 Å². The second-order valence-electron chi connectivity index (χ2n) is 7.22. The van der Waals surface area contributed by atoms with E-state index in [9.17, 15) is 14.4 Å². The number of aryl methyl sites for hydroxylation is 2. The lowest BCUT2D eigenvalue weighted by Gasteiger charge is -2.15. The van der Waals surface area contributed by atoms with E-state index < -0.39 is 18.0 Å². The van der Waals surface area contributed by atoms with E-state index in [1.165, 1.54) is 6.92 Å². The molecule has 2 amide bonds. The van der Waals surface area contributed by atoms with Crippen LogP contribution in [0.4, 0.5) is 5.69 Å². The smallest absolute Gasteiger partial charge is 0.338 e. The molecule has 160 valence electrons. The molecule has 0 saturated heterocycles. The van der Waals surface area contributed by atoms with Crippen molar-refractivity contribution in [2.75, 3.05) is 11.9 Å². The van der Waals surface area contributed by atoms with Crippen molar-refractivity contribution < 1.29 is 19.1 Å². The molecular formula is C24H25N3O4. The van der Waals surface area contributed by atoms with E-state index in [4.69, 9.17) is 4.74 Å². The molecule has 0 fully saturated rings. The molecule has 1 unspecified atom stereocenters. The van der Waals surface area contributed by atoms with E-state index >= 15 is 0 Å². The lowest BCUT2D eigenvalue weighted by Crippen LogP contribution is -2.40. The Morgan fingerprint density at radius 1 is 0.935 bits per heavy atom. The van der Waals surface area contributed by atoms with Crippen molar-refractivity contribution in [2.24, 2.45) is 0 Å². The van der Waals surface area contributed by atoms with Crippen LogP contribution >= 0.6 is 0 Å². The summed E-state index contributed by atoms with van der Waals surface area (Å²) in [5, 5.41) is 5.29. The number of para-hydroxylation sites is 1. The second-order valence-corrected chi connectivity index (χ2v) is 7.22.